The molecule has 1 saturated heterocycles. The summed E-state index contributed by atoms with van der Waals surface area (Å²) in [6.45, 7) is 1.12. The Bertz CT molecular complexity index is 675. The van der Waals surface area contributed by atoms with Crippen LogP contribution in [0.1, 0.15) is 12.0 Å². The van der Waals surface area contributed by atoms with Crippen LogP contribution in [0.4, 0.5) is 0 Å². The molecule has 0 saturated carbocycles. The highest BCUT2D eigenvalue weighted by Crippen LogP contribution is 2.28. The van der Waals surface area contributed by atoms with E-state index in [9.17, 15) is 4.79 Å². The predicted molar refractivity (Wildman–Crippen MR) is 101 cm³/mol. The quantitative estimate of drug-likeness (QED) is 0.723. The van der Waals surface area contributed by atoms with E-state index in [4.69, 9.17) is 9.47 Å². The molecule has 0 bridgehead atoms. The Morgan fingerprint density at radius 1 is 1.08 bits per heavy atom. The number of benzene rings is 2. The van der Waals surface area contributed by atoms with Gasteiger partial charge in [0.1, 0.15) is 18.1 Å². The number of aryl methyl sites for hydroxylation is 1. The molecule has 1 aliphatic rings. The molecule has 0 N–H and O–H groups in total. The van der Waals surface area contributed by atoms with E-state index in [2.05, 4.69) is 24.3 Å². The van der Waals surface area contributed by atoms with Crippen molar-refractivity contribution in [1.82, 2.24) is 4.90 Å². The van der Waals surface area contributed by atoms with Gasteiger partial charge in [-0.25, -0.2) is 0 Å². The van der Waals surface area contributed by atoms with Crippen LogP contribution < -0.4 is 9.47 Å². The first kappa shape index (κ1) is 17.7. The van der Waals surface area contributed by atoms with Crippen molar-refractivity contribution in [3.63, 3.8) is 0 Å². The van der Waals surface area contributed by atoms with Gasteiger partial charge < -0.3 is 14.4 Å². The molecule has 0 aliphatic carbocycles. The molecule has 1 amide bonds. The number of thioether (sulfide) groups is 1. The van der Waals surface area contributed by atoms with E-state index in [-0.39, 0.29) is 11.3 Å². The van der Waals surface area contributed by atoms with Crippen LogP contribution in [0.25, 0.3) is 0 Å². The summed E-state index contributed by atoms with van der Waals surface area (Å²) in [5.74, 6) is 2.38. The second-order valence-electron chi connectivity index (χ2n) is 5.90. The fourth-order valence-corrected chi connectivity index (χ4v) is 4.07. The molecule has 132 valence electrons. The average molecular weight is 357 g/mol. The van der Waals surface area contributed by atoms with Gasteiger partial charge in [-0.2, -0.15) is 0 Å². The molecule has 1 aliphatic heterocycles. The molecular weight excluding hydrogens is 334 g/mol. The van der Waals surface area contributed by atoms with Crippen molar-refractivity contribution >= 4 is 17.7 Å². The van der Waals surface area contributed by atoms with E-state index in [1.807, 2.05) is 35.2 Å². The van der Waals surface area contributed by atoms with Crippen LogP contribution in [-0.2, 0) is 11.2 Å². The maximum Gasteiger partial charge on any atom is 0.233 e. The van der Waals surface area contributed by atoms with Gasteiger partial charge in [-0.05, 0) is 42.7 Å². The van der Waals surface area contributed by atoms with Crippen LogP contribution in [0.5, 0.6) is 11.5 Å². The normalized spacial score (nSPS) is 16.9. The van der Waals surface area contributed by atoms with Crippen LogP contribution in [0.15, 0.2) is 54.6 Å². The van der Waals surface area contributed by atoms with Crippen molar-refractivity contribution < 1.29 is 14.3 Å². The topological polar surface area (TPSA) is 38.8 Å². The summed E-state index contributed by atoms with van der Waals surface area (Å²) in [5.41, 5.74) is 1.32. The molecule has 1 heterocycles. The number of carbonyl (C=O) groups is 1. The van der Waals surface area contributed by atoms with Gasteiger partial charge in [0.15, 0.2) is 0 Å². The third kappa shape index (κ3) is 4.92. The number of hydrogen-bond donors (Lipinski definition) is 0. The first-order valence-electron chi connectivity index (χ1n) is 8.48. The Hall–Kier alpha value is -2.14. The molecule has 1 unspecified atom stereocenters. The summed E-state index contributed by atoms with van der Waals surface area (Å²) < 4.78 is 10.9. The maximum atomic E-state index is 12.2. The predicted octanol–water partition coefficient (Wildman–Crippen LogP) is 3.61. The fraction of sp³-hybridized carbons (Fsp3) is 0.350. The second kappa shape index (κ2) is 8.81. The van der Waals surface area contributed by atoms with E-state index >= 15 is 0 Å². The van der Waals surface area contributed by atoms with Crippen molar-refractivity contribution in [3.05, 3.63) is 60.2 Å². The molecule has 2 aromatic carbocycles. The number of ether oxygens (including phenoxy) is 2. The molecule has 0 radical (unpaired) electrons. The summed E-state index contributed by atoms with van der Waals surface area (Å²) in [7, 11) is 1.64. The average Bonchev–Trinajstić information content (AvgIpc) is 3.01. The largest absolute Gasteiger partial charge is 0.497 e. The van der Waals surface area contributed by atoms with Crippen molar-refractivity contribution in [2.75, 3.05) is 26.0 Å². The smallest absolute Gasteiger partial charge is 0.233 e. The van der Waals surface area contributed by atoms with Crippen LogP contribution in [-0.4, -0.2) is 42.2 Å². The third-order valence-corrected chi connectivity index (χ3v) is 5.54. The maximum absolute atomic E-state index is 12.2. The van der Waals surface area contributed by atoms with E-state index in [0.717, 1.165) is 24.3 Å². The Labute approximate surface area is 153 Å². The zero-order chi connectivity index (χ0) is 17.5. The summed E-state index contributed by atoms with van der Waals surface area (Å²) in [4.78, 5) is 14.1. The number of rotatable bonds is 8. The summed E-state index contributed by atoms with van der Waals surface area (Å²) in [6.07, 6.45) is 1.96. The third-order valence-electron chi connectivity index (χ3n) is 4.25. The minimum Gasteiger partial charge on any atom is -0.497 e. The zero-order valence-corrected chi connectivity index (χ0v) is 15.2. The van der Waals surface area contributed by atoms with Crippen molar-refractivity contribution in [2.45, 2.75) is 18.2 Å². The zero-order valence-electron chi connectivity index (χ0n) is 14.4. The van der Waals surface area contributed by atoms with Gasteiger partial charge in [-0.3, -0.25) is 4.79 Å². The first-order valence-corrected chi connectivity index (χ1v) is 9.53. The van der Waals surface area contributed by atoms with Gasteiger partial charge in [-0.1, -0.05) is 30.3 Å². The molecule has 2 aromatic rings. The number of methoxy groups -OCH3 is 1. The van der Waals surface area contributed by atoms with Gasteiger partial charge >= 0.3 is 0 Å². The minimum atomic E-state index is 0.210. The van der Waals surface area contributed by atoms with Gasteiger partial charge in [0.25, 0.3) is 0 Å². The molecule has 0 aromatic heterocycles. The van der Waals surface area contributed by atoms with Crippen molar-refractivity contribution in [1.29, 1.82) is 0 Å². The molecule has 3 rings (SSSR count). The van der Waals surface area contributed by atoms with Crippen LogP contribution in [0.2, 0.25) is 0 Å². The van der Waals surface area contributed by atoms with Crippen molar-refractivity contribution in [2.24, 2.45) is 0 Å². The summed E-state index contributed by atoms with van der Waals surface area (Å²) in [6, 6.07) is 17.9. The first-order chi connectivity index (χ1) is 12.3. The van der Waals surface area contributed by atoms with Gasteiger partial charge in [0.05, 0.1) is 24.8 Å². The number of carbonyl (C=O) groups excluding carboxylic acids is 1. The Morgan fingerprint density at radius 3 is 2.52 bits per heavy atom. The minimum absolute atomic E-state index is 0.210. The second-order valence-corrected chi connectivity index (χ2v) is 7.07. The Morgan fingerprint density at radius 2 is 1.80 bits per heavy atom. The van der Waals surface area contributed by atoms with E-state index in [1.165, 1.54) is 5.56 Å². The molecular formula is C20H23NO3S. The van der Waals surface area contributed by atoms with E-state index < -0.39 is 0 Å². The lowest BCUT2D eigenvalue weighted by Gasteiger charge is -2.24. The molecule has 25 heavy (non-hydrogen) atoms. The van der Waals surface area contributed by atoms with Crippen LogP contribution in [0.3, 0.4) is 0 Å². The molecule has 1 fully saturated rings. The molecule has 0 spiro atoms. The van der Waals surface area contributed by atoms with Crippen LogP contribution >= 0.6 is 11.8 Å². The van der Waals surface area contributed by atoms with Gasteiger partial charge in [0.2, 0.25) is 5.91 Å². The van der Waals surface area contributed by atoms with Crippen molar-refractivity contribution in [3.8, 4) is 11.5 Å². The van der Waals surface area contributed by atoms with Gasteiger partial charge in [0, 0.05) is 0 Å². The Kier molecular flexibility index (Phi) is 6.23. The number of amides is 1. The molecule has 1 atom stereocenters. The molecule has 4 nitrogen and oxygen atoms in total. The highest BCUT2D eigenvalue weighted by Gasteiger charge is 2.30. The summed E-state index contributed by atoms with van der Waals surface area (Å²) in [5, 5.41) is 0.243. The fourth-order valence-electron chi connectivity index (χ4n) is 2.88. The van der Waals surface area contributed by atoms with Gasteiger partial charge in [-0.15, -0.1) is 11.8 Å². The Balaban J connectivity index is 1.48. The monoisotopic (exact) mass is 357 g/mol. The SMILES string of the molecule is COc1ccc(OCCN2C(=O)CSC2CCc2ccccc2)cc1. The lowest BCUT2D eigenvalue weighted by Crippen LogP contribution is -2.36. The highest BCUT2D eigenvalue weighted by molar-refractivity contribution is 8.00. The lowest BCUT2D eigenvalue weighted by atomic mass is 10.1. The molecule has 5 heteroatoms. The number of nitrogens with zero attached hydrogens (tertiary/aromatic N) is 1. The van der Waals surface area contributed by atoms with Crippen LogP contribution in [0, 0.1) is 0 Å². The number of hydrogen-bond acceptors (Lipinski definition) is 4. The standard InChI is InChI=1S/C20H23NO3S/c1-23-17-8-10-18(11-9-17)24-14-13-21-19(22)15-25-20(21)12-7-16-5-3-2-4-6-16/h2-6,8-11,20H,7,12-15H2,1H3. The van der Waals surface area contributed by atoms with E-state index in [0.29, 0.717) is 18.9 Å². The summed E-state index contributed by atoms with van der Waals surface area (Å²) >= 11 is 1.73. The highest BCUT2D eigenvalue weighted by atomic mass is 32.2. The lowest BCUT2D eigenvalue weighted by molar-refractivity contribution is -0.128. The van der Waals surface area contributed by atoms with E-state index in [1.54, 1.807) is 18.9 Å².